The predicted octanol–water partition coefficient (Wildman–Crippen LogP) is 2.91. The van der Waals surface area contributed by atoms with Crippen molar-refractivity contribution in [3.05, 3.63) is 42.5 Å². The summed E-state index contributed by atoms with van der Waals surface area (Å²) in [7, 11) is 7.28. The summed E-state index contributed by atoms with van der Waals surface area (Å²) in [5.74, 6) is 1.50. The van der Waals surface area contributed by atoms with Crippen LogP contribution in [-0.2, 0) is 11.3 Å². The number of amides is 1. The molecule has 0 aliphatic carbocycles. The molecule has 6 heteroatoms. The summed E-state index contributed by atoms with van der Waals surface area (Å²) in [5, 5.41) is 3.38. The monoisotopic (exact) mass is 374 g/mol. The summed E-state index contributed by atoms with van der Waals surface area (Å²) in [6.07, 6.45) is 6.56. The van der Waals surface area contributed by atoms with E-state index >= 15 is 0 Å². The van der Waals surface area contributed by atoms with Crippen LogP contribution in [0.5, 0.6) is 5.75 Å². The highest BCUT2D eigenvalue weighted by Crippen LogP contribution is 2.13. The Kier molecular flexibility index (Phi) is 10.7. The molecule has 1 aromatic rings. The maximum Gasteiger partial charge on any atom is 0.259 e. The summed E-state index contributed by atoms with van der Waals surface area (Å²) in [6.45, 7) is 5.41. The number of carbonyl (C=O) groups excluding carboxylic acids is 1. The molecular formula is C21H34N4O2. The Balaban J connectivity index is 2.46. The fraction of sp³-hybridized carbons (Fsp3) is 0.524. The molecule has 0 unspecified atom stereocenters. The Labute approximate surface area is 163 Å². The van der Waals surface area contributed by atoms with Crippen LogP contribution in [0.25, 0.3) is 0 Å². The minimum absolute atomic E-state index is 0.0418. The smallest absolute Gasteiger partial charge is 0.259 e. The Morgan fingerprint density at radius 3 is 2.70 bits per heavy atom. The molecule has 0 heterocycles. The zero-order valence-corrected chi connectivity index (χ0v) is 17.2. The Bertz CT molecular complexity index is 614. The molecule has 1 aromatic carbocycles. The molecule has 6 nitrogen and oxygen atoms in total. The van der Waals surface area contributed by atoms with Gasteiger partial charge in [-0.15, -0.1) is 6.58 Å². The van der Waals surface area contributed by atoms with E-state index < -0.39 is 0 Å². The van der Waals surface area contributed by atoms with Crippen LogP contribution in [-0.4, -0.2) is 63.0 Å². The number of nitrogens with zero attached hydrogens (tertiary/aromatic N) is 3. The summed E-state index contributed by atoms with van der Waals surface area (Å²) in [6, 6.07) is 7.75. The van der Waals surface area contributed by atoms with Gasteiger partial charge in [-0.25, -0.2) is 0 Å². The maximum absolute atomic E-state index is 11.6. The molecule has 0 saturated carbocycles. The molecule has 0 radical (unpaired) electrons. The van der Waals surface area contributed by atoms with E-state index in [2.05, 4.69) is 28.8 Å². The largest absolute Gasteiger partial charge is 0.484 e. The lowest BCUT2D eigenvalue weighted by Crippen LogP contribution is -2.39. The number of hydrogen-bond acceptors (Lipinski definition) is 3. The second-order valence-electron chi connectivity index (χ2n) is 6.68. The molecule has 1 amide bonds. The predicted molar refractivity (Wildman–Crippen MR) is 112 cm³/mol. The van der Waals surface area contributed by atoms with Gasteiger partial charge in [0, 0.05) is 41.3 Å². The SMILES string of the molecule is C=CCCCCCN(C)C(=NC)NCc1cccc(OCC(=O)N(C)C)c1. The van der Waals surface area contributed by atoms with Gasteiger partial charge in [0.05, 0.1) is 0 Å². The first kappa shape index (κ1) is 22.5. The molecule has 0 aromatic heterocycles. The van der Waals surface area contributed by atoms with Gasteiger partial charge in [-0.05, 0) is 37.0 Å². The van der Waals surface area contributed by atoms with Crippen LogP contribution in [0.1, 0.15) is 31.2 Å². The number of guanidine groups is 1. The molecule has 0 spiro atoms. The Morgan fingerprint density at radius 2 is 2.04 bits per heavy atom. The number of unbranched alkanes of at least 4 members (excludes halogenated alkanes) is 3. The van der Waals surface area contributed by atoms with Gasteiger partial charge < -0.3 is 19.9 Å². The summed E-state index contributed by atoms with van der Waals surface area (Å²) >= 11 is 0. The quantitative estimate of drug-likeness (QED) is 0.280. The number of rotatable bonds is 11. The fourth-order valence-electron chi connectivity index (χ4n) is 2.51. The average Bonchev–Trinajstić information content (AvgIpc) is 2.66. The third-order valence-electron chi connectivity index (χ3n) is 4.19. The molecule has 0 aliphatic rings. The second kappa shape index (κ2) is 12.8. The lowest BCUT2D eigenvalue weighted by Gasteiger charge is -2.22. The van der Waals surface area contributed by atoms with Gasteiger partial charge in [0.15, 0.2) is 12.6 Å². The van der Waals surface area contributed by atoms with Crippen molar-refractivity contribution in [2.45, 2.75) is 32.2 Å². The molecule has 0 bridgehead atoms. The van der Waals surface area contributed by atoms with Crippen LogP contribution in [0.4, 0.5) is 0 Å². The van der Waals surface area contributed by atoms with E-state index in [4.69, 9.17) is 4.74 Å². The normalized spacial score (nSPS) is 11.0. The zero-order chi connectivity index (χ0) is 20.1. The lowest BCUT2D eigenvalue weighted by molar-refractivity contribution is -0.130. The van der Waals surface area contributed by atoms with Gasteiger partial charge in [0.25, 0.3) is 5.91 Å². The van der Waals surface area contributed by atoms with Gasteiger partial charge in [0.1, 0.15) is 5.75 Å². The van der Waals surface area contributed by atoms with Gasteiger partial charge in [-0.2, -0.15) is 0 Å². The molecule has 1 N–H and O–H groups in total. The summed E-state index contributed by atoms with van der Waals surface area (Å²) in [5.41, 5.74) is 1.07. The van der Waals surface area contributed by atoms with E-state index in [1.165, 1.54) is 17.7 Å². The van der Waals surface area contributed by atoms with Crippen LogP contribution in [0.15, 0.2) is 41.9 Å². The van der Waals surface area contributed by atoms with E-state index in [-0.39, 0.29) is 12.5 Å². The topological polar surface area (TPSA) is 57.2 Å². The standard InChI is InChI=1S/C21H34N4O2/c1-6-7-8-9-10-14-25(5)21(22-2)23-16-18-12-11-13-19(15-18)27-17-20(26)24(3)4/h6,11-13,15H,1,7-10,14,16-17H2,2-5H3,(H,22,23). The number of ether oxygens (including phenoxy) is 1. The summed E-state index contributed by atoms with van der Waals surface area (Å²) < 4.78 is 5.57. The highest BCUT2D eigenvalue weighted by molar-refractivity contribution is 5.79. The van der Waals surface area contributed by atoms with E-state index in [1.54, 1.807) is 21.1 Å². The molecule has 1 rings (SSSR count). The molecule has 0 fully saturated rings. The first-order valence-corrected chi connectivity index (χ1v) is 9.42. The third kappa shape index (κ3) is 9.13. The minimum atomic E-state index is -0.0614. The molecule has 27 heavy (non-hydrogen) atoms. The van der Waals surface area contributed by atoms with E-state index in [0.29, 0.717) is 12.3 Å². The molecule has 0 aliphatic heterocycles. The lowest BCUT2D eigenvalue weighted by atomic mass is 10.2. The van der Waals surface area contributed by atoms with Crippen molar-refractivity contribution in [2.24, 2.45) is 4.99 Å². The number of aliphatic imine (C=N–C) groups is 1. The van der Waals surface area contributed by atoms with Gasteiger partial charge in [-0.1, -0.05) is 24.6 Å². The van der Waals surface area contributed by atoms with Crippen molar-refractivity contribution in [1.29, 1.82) is 0 Å². The van der Waals surface area contributed by atoms with E-state index in [9.17, 15) is 4.79 Å². The number of hydrogen-bond donors (Lipinski definition) is 1. The molecule has 0 saturated heterocycles. The minimum Gasteiger partial charge on any atom is -0.484 e. The second-order valence-corrected chi connectivity index (χ2v) is 6.68. The van der Waals surface area contributed by atoms with Crippen molar-refractivity contribution in [3.8, 4) is 5.75 Å². The van der Waals surface area contributed by atoms with E-state index in [1.807, 2.05) is 30.3 Å². The van der Waals surface area contributed by atoms with Crippen molar-refractivity contribution < 1.29 is 9.53 Å². The van der Waals surface area contributed by atoms with Crippen LogP contribution >= 0.6 is 0 Å². The fourth-order valence-corrected chi connectivity index (χ4v) is 2.51. The number of allylic oxidation sites excluding steroid dienone is 1. The summed E-state index contributed by atoms with van der Waals surface area (Å²) in [4.78, 5) is 19.6. The molecule has 150 valence electrons. The number of nitrogens with one attached hydrogen (secondary N) is 1. The van der Waals surface area contributed by atoms with Crippen LogP contribution in [0.3, 0.4) is 0 Å². The van der Waals surface area contributed by atoms with Crippen molar-refractivity contribution in [2.75, 3.05) is 41.3 Å². The van der Waals surface area contributed by atoms with Crippen LogP contribution in [0, 0.1) is 0 Å². The van der Waals surface area contributed by atoms with Crippen LogP contribution in [0.2, 0.25) is 0 Å². The first-order chi connectivity index (χ1) is 13.0. The number of likely N-dealkylation sites (N-methyl/N-ethyl adjacent to an activating group) is 1. The highest BCUT2D eigenvalue weighted by atomic mass is 16.5. The first-order valence-electron chi connectivity index (χ1n) is 9.42. The average molecular weight is 375 g/mol. The van der Waals surface area contributed by atoms with Crippen molar-refractivity contribution in [1.82, 2.24) is 15.1 Å². The Morgan fingerprint density at radius 1 is 1.26 bits per heavy atom. The molecular weight excluding hydrogens is 340 g/mol. The van der Waals surface area contributed by atoms with Gasteiger partial charge >= 0.3 is 0 Å². The van der Waals surface area contributed by atoms with Crippen molar-refractivity contribution in [3.63, 3.8) is 0 Å². The van der Waals surface area contributed by atoms with Crippen molar-refractivity contribution >= 4 is 11.9 Å². The Hall–Kier alpha value is -2.50. The van der Waals surface area contributed by atoms with Gasteiger partial charge in [0.2, 0.25) is 0 Å². The third-order valence-corrected chi connectivity index (χ3v) is 4.19. The molecule has 0 atom stereocenters. The maximum atomic E-state index is 11.6. The number of benzene rings is 1. The highest BCUT2D eigenvalue weighted by Gasteiger charge is 2.07. The van der Waals surface area contributed by atoms with Gasteiger partial charge in [-0.3, -0.25) is 9.79 Å². The van der Waals surface area contributed by atoms with Crippen LogP contribution < -0.4 is 10.1 Å². The number of carbonyl (C=O) groups is 1. The van der Waals surface area contributed by atoms with E-state index in [0.717, 1.165) is 30.9 Å². The zero-order valence-electron chi connectivity index (χ0n) is 17.2.